The van der Waals surface area contributed by atoms with Gasteiger partial charge in [0.1, 0.15) is 110 Å². The summed E-state index contributed by atoms with van der Waals surface area (Å²) in [6, 6.07) is 0. The van der Waals surface area contributed by atoms with Gasteiger partial charge in [0, 0.05) is 25.9 Å². The third kappa shape index (κ3) is 15.6. The van der Waals surface area contributed by atoms with Crippen molar-refractivity contribution >= 4 is 23.5 Å². The second-order valence-electron chi connectivity index (χ2n) is 16.6. The van der Waals surface area contributed by atoms with Crippen molar-refractivity contribution in [3.63, 3.8) is 0 Å². The van der Waals surface area contributed by atoms with Gasteiger partial charge in [-0.05, 0) is 26.7 Å². The van der Waals surface area contributed by atoms with E-state index in [1.54, 1.807) is 0 Å². The lowest BCUT2D eigenvalue weighted by Gasteiger charge is -2.46. The van der Waals surface area contributed by atoms with Crippen LogP contribution in [-0.4, -0.2) is 277 Å². The average Bonchev–Trinajstić information content (AvgIpc) is 3.29. The number of nitrogens with one attached hydrogen (secondary N) is 2. The number of hydrogen-bond donors (Lipinski definition) is 15. The molecule has 0 radical (unpaired) electrons. The Labute approximate surface area is 383 Å². The lowest BCUT2D eigenvalue weighted by atomic mass is 9.96. The van der Waals surface area contributed by atoms with Crippen LogP contribution in [0.4, 0.5) is 0 Å². The van der Waals surface area contributed by atoms with Gasteiger partial charge in [-0.2, -0.15) is 0 Å². The number of nitrogens with zero attached hydrogens (tertiary/aromatic N) is 1. The van der Waals surface area contributed by atoms with Gasteiger partial charge in [-0.1, -0.05) is 0 Å². The number of ketones is 1. The molecule has 3 amide bonds. The summed E-state index contributed by atoms with van der Waals surface area (Å²) in [5.74, 6) is -2.16. The van der Waals surface area contributed by atoms with E-state index in [0.29, 0.717) is 6.42 Å². The molecule has 0 aromatic heterocycles. The van der Waals surface area contributed by atoms with E-state index in [1.165, 1.54) is 13.8 Å². The number of Topliss-reactive ketones (excluding diaryl/α,β-unsaturated/α-hetero) is 1. The summed E-state index contributed by atoms with van der Waals surface area (Å²) in [7, 11) is 0. The highest BCUT2D eigenvalue weighted by Crippen LogP contribution is 2.31. The lowest BCUT2D eigenvalue weighted by molar-refractivity contribution is -0.366. The monoisotopic (exact) mass is 977 g/mol. The van der Waals surface area contributed by atoms with Crippen LogP contribution in [0.3, 0.4) is 0 Å². The first-order valence-electron chi connectivity index (χ1n) is 21.8. The predicted octanol–water partition coefficient (Wildman–Crippen LogP) is -9.49. The van der Waals surface area contributed by atoms with E-state index in [-0.39, 0.29) is 44.7 Å². The first kappa shape index (κ1) is 56.8. The van der Waals surface area contributed by atoms with E-state index in [4.69, 9.17) is 37.9 Å². The molecule has 0 aromatic carbocycles. The number of carbonyl (C=O) groups excluding carboxylic acids is 4. The first-order chi connectivity index (χ1) is 31.7. The maximum atomic E-state index is 13.2. The maximum absolute atomic E-state index is 13.2. The van der Waals surface area contributed by atoms with Crippen molar-refractivity contribution in [2.75, 3.05) is 59.2 Å². The molecule has 67 heavy (non-hydrogen) atoms. The van der Waals surface area contributed by atoms with Gasteiger partial charge in [-0.3, -0.25) is 14.4 Å². The molecular weight excluding hydrogens is 910 g/mol. The van der Waals surface area contributed by atoms with E-state index in [1.807, 2.05) is 0 Å². The van der Waals surface area contributed by atoms with Crippen LogP contribution in [0.2, 0.25) is 0 Å². The van der Waals surface area contributed by atoms with Crippen LogP contribution in [0.25, 0.3) is 0 Å². The molecule has 4 aliphatic heterocycles. The number of aliphatic hydroxyl groups is 13. The quantitative estimate of drug-likeness (QED) is 0.0399. The zero-order valence-corrected chi connectivity index (χ0v) is 36.9. The van der Waals surface area contributed by atoms with Crippen molar-refractivity contribution < 1.29 is 123 Å². The van der Waals surface area contributed by atoms with Crippen molar-refractivity contribution in [3.8, 4) is 0 Å². The number of aliphatic hydroxyl groups excluding tert-OH is 13. The van der Waals surface area contributed by atoms with Crippen LogP contribution < -0.4 is 10.6 Å². The largest absolute Gasteiger partial charge is 0.394 e. The van der Waals surface area contributed by atoms with Crippen LogP contribution in [0.1, 0.15) is 39.5 Å². The molecule has 28 nitrogen and oxygen atoms in total. The summed E-state index contributed by atoms with van der Waals surface area (Å²) in [5, 5.41) is 139. The smallest absolute Gasteiger partial charge is 0.239 e. The number of carbonyl (C=O) groups is 4. The number of ether oxygens (including phenoxy) is 8. The maximum Gasteiger partial charge on any atom is 0.239 e. The zero-order valence-electron chi connectivity index (χ0n) is 36.9. The third-order valence-corrected chi connectivity index (χ3v) is 11.5. The molecule has 0 spiro atoms. The second kappa shape index (κ2) is 27.0. The molecule has 4 saturated heterocycles. The van der Waals surface area contributed by atoms with E-state index >= 15 is 0 Å². The second-order valence-corrected chi connectivity index (χ2v) is 16.6. The molecule has 0 saturated carbocycles. The van der Waals surface area contributed by atoms with E-state index in [0.717, 1.165) is 4.90 Å². The highest BCUT2D eigenvalue weighted by molar-refractivity contribution is 5.89. The molecule has 0 unspecified atom stereocenters. The molecule has 20 atom stereocenters. The Kier molecular flexibility index (Phi) is 22.9. The molecule has 4 heterocycles. The summed E-state index contributed by atoms with van der Waals surface area (Å²) in [6.07, 6.45) is -32.3. The van der Waals surface area contributed by atoms with Crippen molar-refractivity contribution in [3.05, 3.63) is 0 Å². The van der Waals surface area contributed by atoms with E-state index < -0.39 is 180 Å². The zero-order chi connectivity index (χ0) is 49.7. The molecule has 0 bridgehead atoms. The fourth-order valence-electron chi connectivity index (χ4n) is 7.45. The third-order valence-electron chi connectivity index (χ3n) is 11.5. The van der Waals surface area contributed by atoms with Gasteiger partial charge in [0.15, 0.2) is 25.2 Å². The molecule has 4 aliphatic rings. The number of rotatable bonds is 24. The fraction of sp³-hybridized carbons (Fsp3) is 0.897. The van der Waals surface area contributed by atoms with E-state index in [9.17, 15) is 85.6 Å². The minimum absolute atomic E-state index is 0.0881. The predicted molar refractivity (Wildman–Crippen MR) is 215 cm³/mol. The molecule has 15 N–H and O–H groups in total. The topological polar surface area (TPSA) is 432 Å². The summed E-state index contributed by atoms with van der Waals surface area (Å²) >= 11 is 0. The van der Waals surface area contributed by atoms with Crippen molar-refractivity contribution in [2.45, 2.75) is 162 Å². The normalized spacial score (nSPS) is 39.1. The van der Waals surface area contributed by atoms with Crippen LogP contribution in [0.15, 0.2) is 0 Å². The first-order valence-corrected chi connectivity index (χ1v) is 21.8. The molecule has 4 rings (SSSR count). The SMILES string of the molecule is CC(=O)CCCCC(=O)N(CC(=O)NCCO[C@@H]1O[C@@H](C)[C@@H](O)[C@@H](O)[C@@H]1O)CC(=O)NCCO[C@H]1O[C@H](CO[C@H]2O[C@H](CO)[C@@H](O)[C@H](O)[C@@H]2O)[C@@H](O)[C@H](O[C@H]2O[C@H](CO)[C@@H](O)[C@H](O)[C@@H]2O)[C@@H]1O. The minimum atomic E-state index is -1.97. The van der Waals surface area contributed by atoms with Gasteiger partial charge < -0.3 is 125 Å². The van der Waals surface area contributed by atoms with Gasteiger partial charge >= 0.3 is 0 Å². The Morgan fingerprint density at radius 2 is 0.970 bits per heavy atom. The summed E-state index contributed by atoms with van der Waals surface area (Å²) in [6.45, 7) is -1.82. The van der Waals surface area contributed by atoms with Crippen molar-refractivity contribution in [2.24, 2.45) is 0 Å². The standard InChI is InChI=1S/C39H67N3O25/c1-16(45)5-3-4-6-23(48)42(11-21(46)40-7-9-60-36-31(56)28(53)24(49)17(2)63-36)12-22(47)41-8-10-61-38-34(59)35(67-39-33(58)30(55)26(51)19(14-44)65-39)27(52)20(66-38)15-62-37-32(57)29(54)25(50)18(13-43)64-37/h17-20,24-39,43-44,49-59H,3-15H2,1-2H3,(H,40,46)(H,41,47)/t17-,18+,19+,20+,24+,25+,26+,27+,28+,29-,30-,31-,32-,33-,34-,35-,36+,37-,38-,39+/m0/s1. The van der Waals surface area contributed by atoms with Crippen LogP contribution in [0.5, 0.6) is 0 Å². The Morgan fingerprint density at radius 3 is 1.49 bits per heavy atom. The highest BCUT2D eigenvalue weighted by Gasteiger charge is 2.52. The van der Waals surface area contributed by atoms with Crippen LogP contribution >= 0.6 is 0 Å². The average molecular weight is 978 g/mol. The highest BCUT2D eigenvalue weighted by atomic mass is 16.8. The van der Waals surface area contributed by atoms with Gasteiger partial charge in [0.25, 0.3) is 0 Å². The number of unbranched alkanes of at least 4 members (excludes halogenated alkanes) is 1. The van der Waals surface area contributed by atoms with Crippen LogP contribution in [0, 0.1) is 0 Å². The number of hydrogen-bond acceptors (Lipinski definition) is 25. The Hall–Kier alpha value is -2.76. The Bertz CT molecular complexity index is 1550. The molecule has 388 valence electrons. The lowest BCUT2D eigenvalue weighted by Crippen LogP contribution is -2.65. The van der Waals surface area contributed by atoms with Crippen molar-refractivity contribution in [1.82, 2.24) is 15.5 Å². The number of amides is 3. The van der Waals surface area contributed by atoms with E-state index in [2.05, 4.69) is 10.6 Å². The molecule has 4 fully saturated rings. The molecule has 28 heteroatoms. The summed E-state index contributed by atoms with van der Waals surface area (Å²) in [4.78, 5) is 51.5. The van der Waals surface area contributed by atoms with Crippen LogP contribution in [-0.2, 0) is 57.1 Å². The molecular formula is C39H67N3O25. The Balaban J connectivity index is 1.36. The van der Waals surface area contributed by atoms with Crippen molar-refractivity contribution in [1.29, 1.82) is 0 Å². The fourth-order valence-corrected chi connectivity index (χ4v) is 7.45. The molecule has 0 aromatic rings. The van der Waals surface area contributed by atoms with Gasteiger partial charge in [-0.15, -0.1) is 0 Å². The summed E-state index contributed by atoms with van der Waals surface area (Å²) < 4.78 is 44.0. The van der Waals surface area contributed by atoms with Gasteiger partial charge in [-0.25, -0.2) is 0 Å². The van der Waals surface area contributed by atoms with Gasteiger partial charge in [0.2, 0.25) is 17.7 Å². The van der Waals surface area contributed by atoms with Gasteiger partial charge in [0.05, 0.1) is 39.1 Å². The minimum Gasteiger partial charge on any atom is -0.394 e. The molecule has 0 aliphatic carbocycles. The summed E-state index contributed by atoms with van der Waals surface area (Å²) in [5.41, 5.74) is 0. The Morgan fingerprint density at radius 1 is 0.522 bits per heavy atom.